The number of carbonyl (C=O) groups is 4. The molecule has 0 amide bonds. The number of hydrogen-bond donors (Lipinski definition) is 0. The topological polar surface area (TPSA) is 159 Å². The zero-order valence-electron chi connectivity index (χ0n) is 56.1. The van der Waals surface area contributed by atoms with Crippen LogP contribution in [0, 0.1) is 23.7 Å². The van der Waals surface area contributed by atoms with E-state index in [1.165, 1.54) is 0 Å². The Kier molecular flexibility index (Phi) is 26.9. The molecular formula is C80H92N4O8Zn. The Balaban J connectivity index is 0.0000111. The summed E-state index contributed by atoms with van der Waals surface area (Å²) in [5, 5.41) is 0. The van der Waals surface area contributed by atoms with Gasteiger partial charge in [0.1, 0.15) is 0 Å². The second-order valence-electron chi connectivity index (χ2n) is 24.7. The van der Waals surface area contributed by atoms with Gasteiger partial charge in [-0.15, -0.1) is 22.1 Å². The number of benzene rings is 4. The molecule has 4 aromatic carbocycles. The van der Waals surface area contributed by atoms with Gasteiger partial charge in [-0.1, -0.05) is 205 Å². The Hall–Kier alpha value is -8.02. The molecule has 5 heterocycles. The summed E-state index contributed by atoms with van der Waals surface area (Å²) in [5.74, 6) is -0.298. The summed E-state index contributed by atoms with van der Waals surface area (Å²) in [6.07, 6.45) is 24.4. The fourth-order valence-corrected chi connectivity index (χ4v) is 12.1. The van der Waals surface area contributed by atoms with Gasteiger partial charge in [-0.25, -0.2) is 29.1 Å². The fraction of sp³-hybridized carbons (Fsp3) is 0.400. The zero-order chi connectivity index (χ0) is 64.9. The van der Waals surface area contributed by atoms with Crippen molar-refractivity contribution in [1.82, 2.24) is 19.9 Å². The molecule has 0 spiro atoms. The number of esters is 4. The third kappa shape index (κ3) is 18.2. The number of fused-ring (bicyclic) bond motifs is 8. The molecule has 0 aliphatic carbocycles. The van der Waals surface area contributed by atoms with Crippen LogP contribution in [0.2, 0.25) is 0 Å². The van der Waals surface area contributed by atoms with Crippen molar-refractivity contribution >= 4 is 70.2 Å². The normalized spacial score (nSPS) is 13.0. The minimum Gasteiger partial charge on any atom is -0.657 e. The number of unbranched alkanes of at least 4 members (excludes halogenated alkanes) is 4. The van der Waals surface area contributed by atoms with Crippen LogP contribution in [0.1, 0.15) is 222 Å². The van der Waals surface area contributed by atoms with E-state index < -0.39 is 0 Å². The van der Waals surface area contributed by atoms with E-state index in [2.05, 4.69) is 55.4 Å². The van der Waals surface area contributed by atoms with Crippen molar-refractivity contribution in [2.24, 2.45) is 23.7 Å². The van der Waals surface area contributed by atoms with E-state index >= 15 is 0 Å². The van der Waals surface area contributed by atoms with Gasteiger partial charge in [0.05, 0.1) is 71.5 Å². The van der Waals surface area contributed by atoms with Crippen molar-refractivity contribution in [3.8, 4) is 44.5 Å². The maximum Gasteiger partial charge on any atom is 2.00 e. The van der Waals surface area contributed by atoms with Gasteiger partial charge in [0.25, 0.3) is 0 Å². The smallest absolute Gasteiger partial charge is 0.657 e. The summed E-state index contributed by atoms with van der Waals surface area (Å²) in [4.78, 5) is 76.4. The van der Waals surface area contributed by atoms with E-state index in [1.54, 1.807) is 48.5 Å². The first-order chi connectivity index (χ1) is 44.9. The molecule has 13 heteroatoms. The van der Waals surface area contributed by atoms with Crippen LogP contribution in [-0.4, -0.2) is 60.3 Å². The van der Waals surface area contributed by atoms with Crippen molar-refractivity contribution in [3.63, 3.8) is 0 Å². The van der Waals surface area contributed by atoms with Crippen molar-refractivity contribution in [3.05, 3.63) is 166 Å². The Morgan fingerprint density at radius 1 is 0.323 bits per heavy atom. The van der Waals surface area contributed by atoms with Crippen LogP contribution in [0.3, 0.4) is 0 Å². The molecule has 4 atom stereocenters. The second-order valence-corrected chi connectivity index (χ2v) is 24.7. The monoisotopic (exact) mass is 1300 g/mol. The predicted octanol–water partition coefficient (Wildman–Crippen LogP) is 20.1. The van der Waals surface area contributed by atoms with Gasteiger partial charge in [0.15, 0.2) is 0 Å². The van der Waals surface area contributed by atoms with Crippen LogP contribution in [0.15, 0.2) is 121 Å². The summed E-state index contributed by atoms with van der Waals surface area (Å²) >= 11 is 0. The molecule has 2 aliphatic rings. The van der Waals surface area contributed by atoms with E-state index in [0.717, 1.165) is 147 Å². The standard InChI is InChI=1S/C80H93N4O8.Zn/c1-9-17-21-53(13-5)49-89-77(85)61-33-25-57(26-34-61)73-65-41-43-67(81-65)74(58-27-35-62(36-28-58)78(86)90-50-54(14-6)22-18-10-2)69-45-47-71(83-69)76(60-31-39-64(40-32-60)80(88)92-52-56(16-8)24-20-12-4)72-48-46-70(84-72)75(68-44-42-66(73)82-68)59-29-37-63(38-30-59)79(87)91-51-55(15-7)23-19-11-3;/h25-48,53-56H,9-24,49-52H2,1-8H3,(H-,81,82,83,84,85,86,87,88);/q-1;+2/p-1. The first-order valence-electron chi connectivity index (χ1n) is 34.1. The maximum atomic E-state index is 13.6. The van der Waals surface area contributed by atoms with Crippen LogP contribution >= 0.6 is 0 Å². The fourth-order valence-electron chi connectivity index (χ4n) is 12.1. The summed E-state index contributed by atoms with van der Waals surface area (Å²) in [6, 6.07) is 37.7. The molecule has 12 nitrogen and oxygen atoms in total. The van der Waals surface area contributed by atoms with Gasteiger partial charge in [0.2, 0.25) is 0 Å². The Morgan fingerprint density at radius 3 is 0.710 bits per heavy atom. The van der Waals surface area contributed by atoms with Crippen LogP contribution in [0.25, 0.3) is 90.9 Å². The van der Waals surface area contributed by atoms with E-state index in [9.17, 15) is 19.2 Å². The van der Waals surface area contributed by atoms with Crippen LogP contribution < -0.4 is 9.97 Å². The molecule has 8 bridgehead atoms. The van der Waals surface area contributed by atoms with Crippen LogP contribution in [-0.2, 0) is 38.4 Å². The van der Waals surface area contributed by atoms with Gasteiger partial charge in [0, 0.05) is 0 Å². The molecular weight excluding hydrogens is 1210 g/mol. The van der Waals surface area contributed by atoms with Gasteiger partial charge >= 0.3 is 43.4 Å². The van der Waals surface area contributed by atoms with Crippen molar-refractivity contribution in [2.45, 2.75) is 158 Å². The minimum absolute atomic E-state index is 0. The molecule has 4 unspecified atom stereocenters. The van der Waals surface area contributed by atoms with Gasteiger partial charge in [-0.05, 0) is 167 Å². The second kappa shape index (κ2) is 35.3. The maximum absolute atomic E-state index is 13.6. The molecule has 0 N–H and O–H groups in total. The number of carbonyl (C=O) groups excluding carboxylic acids is 4. The van der Waals surface area contributed by atoms with Crippen molar-refractivity contribution < 1.29 is 57.6 Å². The van der Waals surface area contributed by atoms with Crippen LogP contribution in [0.4, 0.5) is 0 Å². The minimum atomic E-state index is -0.373. The van der Waals surface area contributed by atoms with Gasteiger partial charge in [-0.3, -0.25) is 0 Å². The number of hydrogen-bond acceptors (Lipinski definition) is 10. The van der Waals surface area contributed by atoms with E-state index in [4.69, 9.17) is 38.9 Å². The zero-order valence-corrected chi connectivity index (χ0v) is 59.0. The molecule has 2 aliphatic heterocycles. The van der Waals surface area contributed by atoms with Crippen molar-refractivity contribution in [2.75, 3.05) is 26.4 Å². The third-order valence-corrected chi connectivity index (χ3v) is 18.2. The molecule has 0 saturated carbocycles. The number of ether oxygens (including phenoxy) is 4. The Bertz CT molecular complexity index is 3370. The third-order valence-electron chi connectivity index (χ3n) is 18.2. The summed E-state index contributed by atoms with van der Waals surface area (Å²) in [5.41, 5.74) is 12.8. The molecule has 7 aromatic rings. The SMILES string of the molecule is CCCCC(CC)COC(=O)c1ccc(-c2c3nc(c(-c4ccc(C(=O)OCC(CC)CCCC)cc4)c4ccc([n-]4)c(-c4ccc(C(=O)OCC(CC)CCCC)cc4)c4nc(c(-c5ccc(C(=O)OCC(CC)CCCC)cc5)c5ccc2[n-]5)C=C4)C=C3)cc1.[Zn+2]. The molecule has 0 saturated heterocycles. The molecule has 0 fully saturated rings. The van der Waals surface area contributed by atoms with Gasteiger partial charge < -0.3 is 28.9 Å². The number of aromatic nitrogens is 4. The molecule has 9 rings (SSSR count). The average Bonchev–Trinajstić information content (AvgIpc) is 1.67. The summed E-state index contributed by atoms with van der Waals surface area (Å²) < 4.78 is 23.6. The molecule has 0 radical (unpaired) electrons. The first kappa shape index (κ1) is 70.8. The largest absolute Gasteiger partial charge is 2.00 e. The van der Waals surface area contributed by atoms with E-state index in [0.29, 0.717) is 117 Å². The summed E-state index contributed by atoms with van der Waals surface area (Å²) in [7, 11) is 0. The quantitative estimate of drug-likeness (QED) is 0.0223. The average molecular weight is 1300 g/mol. The number of rotatable bonds is 32. The molecule has 482 valence electrons. The molecule has 3 aromatic heterocycles. The Morgan fingerprint density at radius 2 is 0.527 bits per heavy atom. The molecule has 93 heavy (non-hydrogen) atoms. The first-order valence-corrected chi connectivity index (χ1v) is 34.1. The predicted molar refractivity (Wildman–Crippen MR) is 373 cm³/mol. The Labute approximate surface area is 563 Å². The van der Waals surface area contributed by atoms with Crippen LogP contribution in [0.5, 0.6) is 0 Å². The summed E-state index contributed by atoms with van der Waals surface area (Å²) in [6.45, 7) is 18.7. The van der Waals surface area contributed by atoms with Gasteiger partial charge in [-0.2, -0.15) is 0 Å². The van der Waals surface area contributed by atoms with E-state index in [-0.39, 0.29) is 43.4 Å². The van der Waals surface area contributed by atoms with E-state index in [1.807, 2.05) is 97.1 Å². The number of nitrogens with zero attached hydrogens (tertiary/aromatic N) is 4. The van der Waals surface area contributed by atoms with Crippen molar-refractivity contribution in [1.29, 1.82) is 0 Å².